The number of rotatable bonds is 11. The highest BCUT2D eigenvalue weighted by Crippen LogP contribution is 2.43. The zero-order valence-corrected chi connectivity index (χ0v) is 20.0. The Kier molecular flexibility index (Phi) is 10.2. The van der Waals surface area contributed by atoms with E-state index in [9.17, 15) is 13.2 Å². The summed E-state index contributed by atoms with van der Waals surface area (Å²) >= 11 is 0. The molecule has 2 aliphatic carbocycles. The molecule has 32 heavy (non-hydrogen) atoms. The number of alkyl halides is 3. The van der Waals surface area contributed by atoms with E-state index >= 15 is 0 Å². The molecule has 0 bridgehead atoms. The summed E-state index contributed by atoms with van der Waals surface area (Å²) in [5.41, 5.74) is 1.20. The number of unbranched alkanes of at least 4 members (excludes halogenated alkanes) is 3. The van der Waals surface area contributed by atoms with Gasteiger partial charge in [-0.3, -0.25) is 0 Å². The van der Waals surface area contributed by atoms with Gasteiger partial charge in [-0.25, -0.2) is 0 Å². The molecular weight excluding hydrogens is 409 g/mol. The Morgan fingerprint density at radius 3 is 1.84 bits per heavy atom. The predicted octanol–water partition coefficient (Wildman–Crippen LogP) is 9.14. The molecule has 0 atom stereocenters. The minimum atomic E-state index is -4.29. The maximum Gasteiger partial charge on any atom is 0.422 e. The van der Waals surface area contributed by atoms with Crippen LogP contribution in [0.5, 0.6) is 5.75 Å². The lowest BCUT2D eigenvalue weighted by Gasteiger charge is -2.38. The van der Waals surface area contributed by atoms with E-state index in [0.29, 0.717) is 5.75 Å². The largest absolute Gasteiger partial charge is 0.484 e. The van der Waals surface area contributed by atoms with E-state index in [1.165, 1.54) is 95.5 Å². The summed E-state index contributed by atoms with van der Waals surface area (Å²) in [4.78, 5) is 0. The van der Waals surface area contributed by atoms with Crippen molar-refractivity contribution in [2.45, 2.75) is 109 Å². The van der Waals surface area contributed by atoms with Gasteiger partial charge in [-0.15, -0.1) is 0 Å². The molecule has 0 spiro atoms. The molecule has 1 aromatic rings. The van der Waals surface area contributed by atoms with Crippen LogP contribution in [0.1, 0.15) is 102 Å². The number of hydrogen-bond acceptors (Lipinski definition) is 1. The maximum absolute atomic E-state index is 12.3. The molecule has 2 aliphatic rings. The first-order chi connectivity index (χ1) is 15.4. The highest BCUT2D eigenvalue weighted by molar-refractivity contribution is 5.27. The summed E-state index contributed by atoms with van der Waals surface area (Å²) in [5.74, 6) is 4.04. The van der Waals surface area contributed by atoms with Crippen molar-refractivity contribution in [3.05, 3.63) is 29.8 Å². The second-order valence-electron chi connectivity index (χ2n) is 10.5. The molecule has 0 aromatic heterocycles. The Bertz CT molecular complexity index is 623. The molecule has 1 nitrogen and oxygen atoms in total. The lowest BCUT2D eigenvalue weighted by Crippen LogP contribution is -2.26. The fourth-order valence-corrected chi connectivity index (χ4v) is 6.04. The molecule has 0 radical (unpaired) electrons. The molecule has 2 saturated carbocycles. The van der Waals surface area contributed by atoms with Gasteiger partial charge in [0.05, 0.1) is 0 Å². The highest BCUT2D eigenvalue weighted by Gasteiger charge is 2.31. The smallest absolute Gasteiger partial charge is 0.422 e. The van der Waals surface area contributed by atoms with Crippen LogP contribution in [0.4, 0.5) is 13.2 Å². The molecule has 0 unspecified atom stereocenters. The summed E-state index contributed by atoms with van der Waals surface area (Å²) in [6.45, 7) is 1.06. The van der Waals surface area contributed by atoms with Gasteiger partial charge in [-0.05, 0) is 79.9 Å². The van der Waals surface area contributed by atoms with E-state index in [1.54, 1.807) is 12.1 Å². The predicted molar refractivity (Wildman–Crippen MR) is 126 cm³/mol. The second kappa shape index (κ2) is 12.9. The molecule has 0 aliphatic heterocycles. The zero-order valence-electron chi connectivity index (χ0n) is 20.0. The van der Waals surface area contributed by atoms with Gasteiger partial charge in [-0.1, -0.05) is 76.8 Å². The van der Waals surface area contributed by atoms with Gasteiger partial charge in [0.1, 0.15) is 5.75 Å². The fourth-order valence-electron chi connectivity index (χ4n) is 6.04. The normalized spacial score (nSPS) is 26.8. The van der Waals surface area contributed by atoms with Crippen molar-refractivity contribution in [1.82, 2.24) is 0 Å². The number of halogens is 3. The van der Waals surface area contributed by atoms with Crippen LogP contribution in [-0.2, 0) is 6.42 Å². The lowest BCUT2D eigenvalue weighted by molar-refractivity contribution is -0.153. The molecule has 4 heteroatoms. The number of hydrogen-bond donors (Lipinski definition) is 0. The molecule has 0 heterocycles. The van der Waals surface area contributed by atoms with Crippen LogP contribution in [-0.4, -0.2) is 12.8 Å². The van der Waals surface area contributed by atoms with Crippen molar-refractivity contribution in [1.29, 1.82) is 0 Å². The molecule has 3 rings (SSSR count). The maximum atomic E-state index is 12.3. The summed E-state index contributed by atoms with van der Waals surface area (Å²) in [5, 5.41) is 0. The van der Waals surface area contributed by atoms with Crippen LogP contribution in [0.15, 0.2) is 24.3 Å². The summed E-state index contributed by atoms with van der Waals surface area (Å²) < 4.78 is 41.6. The van der Waals surface area contributed by atoms with Crippen molar-refractivity contribution in [2.75, 3.05) is 6.61 Å². The molecule has 0 saturated heterocycles. The number of benzene rings is 1. The van der Waals surface area contributed by atoms with Crippen LogP contribution in [0.3, 0.4) is 0 Å². The van der Waals surface area contributed by atoms with Crippen molar-refractivity contribution < 1.29 is 17.9 Å². The summed E-state index contributed by atoms with van der Waals surface area (Å²) in [7, 11) is 0. The van der Waals surface area contributed by atoms with Gasteiger partial charge in [0.15, 0.2) is 6.61 Å². The monoisotopic (exact) mass is 452 g/mol. The number of aryl methyl sites for hydroxylation is 1. The van der Waals surface area contributed by atoms with Crippen molar-refractivity contribution in [3.63, 3.8) is 0 Å². The fraction of sp³-hybridized carbons (Fsp3) is 0.786. The molecule has 1 aromatic carbocycles. The van der Waals surface area contributed by atoms with E-state index < -0.39 is 12.8 Å². The third-order valence-electron chi connectivity index (χ3n) is 8.08. The standard InChI is InChI=1S/C28H43F3O/c1-2-3-4-5-6-22-9-15-25(16-10-22)26-17-11-23(12-18-26)7-8-24-13-19-27(20-14-24)32-21-28(29,30)31/h13-14,19-20,22-23,25-26H,2-12,15-18,21H2,1H3. The van der Waals surface area contributed by atoms with E-state index in [1.807, 2.05) is 12.1 Å². The van der Waals surface area contributed by atoms with Crippen LogP contribution in [0, 0.1) is 23.7 Å². The first-order valence-corrected chi connectivity index (χ1v) is 13.2. The Labute approximate surface area is 193 Å². The topological polar surface area (TPSA) is 9.23 Å². The number of ether oxygens (including phenoxy) is 1. The van der Waals surface area contributed by atoms with Crippen LogP contribution in [0.2, 0.25) is 0 Å². The Morgan fingerprint density at radius 2 is 1.31 bits per heavy atom. The van der Waals surface area contributed by atoms with E-state index in [2.05, 4.69) is 6.92 Å². The minimum Gasteiger partial charge on any atom is -0.484 e. The van der Waals surface area contributed by atoms with Gasteiger partial charge in [0.25, 0.3) is 0 Å². The van der Waals surface area contributed by atoms with E-state index in [-0.39, 0.29) is 0 Å². The molecule has 0 N–H and O–H groups in total. The third-order valence-corrected chi connectivity index (χ3v) is 8.08. The quantitative estimate of drug-likeness (QED) is 0.304. The Balaban J connectivity index is 1.29. The first-order valence-electron chi connectivity index (χ1n) is 13.2. The van der Waals surface area contributed by atoms with Crippen molar-refractivity contribution in [3.8, 4) is 5.75 Å². The molecule has 0 amide bonds. The van der Waals surface area contributed by atoms with Gasteiger partial charge in [0.2, 0.25) is 0 Å². The molecule has 2 fully saturated rings. The molecular formula is C28H43F3O. The van der Waals surface area contributed by atoms with E-state index in [4.69, 9.17) is 4.74 Å². The van der Waals surface area contributed by atoms with Crippen LogP contribution < -0.4 is 4.74 Å². The Morgan fingerprint density at radius 1 is 0.750 bits per heavy atom. The van der Waals surface area contributed by atoms with Crippen LogP contribution >= 0.6 is 0 Å². The average Bonchev–Trinajstić information content (AvgIpc) is 2.80. The van der Waals surface area contributed by atoms with Crippen molar-refractivity contribution >= 4 is 0 Å². The summed E-state index contributed by atoms with van der Waals surface area (Å²) in [6, 6.07) is 7.16. The second-order valence-corrected chi connectivity index (χ2v) is 10.5. The van der Waals surface area contributed by atoms with Gasteiger partial charge >= 0.3 is 6.18 Å². The zero-order chi connectivity index (χ0) is 22.8. The molecule has 182 valence electrons. The minimum absolute atomic E-state index is 0.294. The Hall–Kier alpha value is -1.19. The van der Waals surface area contributed by atoms with Gasteiger partial charge < -0.3 is 4.74 Å². The van der Waals surface area contributed by atoms with Gasteiger partial charge in [-0.2, -0.15) is 13.2 Å². The van der Waals surface area contributed by atoms with Crippen molar-refractivity contribution in [2.24, 2.45) is 23.7 Å². The van der Waals surface area contributed by atoms with Gasteiger partial charge in [0, 0.05) is 0 Å². The third kappa shape index (κ3) is 8.98. The lowest BCUT2D eigenvalue weighted by atomic mass is 9.68. The SMILES string of the molecule is CCCCCCC1CCC(C2CCC(CCc3ccc(OCC(F)(F)F)cc3)CC2)CC1. The summed E-state index contributed by atoms with van der Waals surface area (Å²) in [6.07, 6.45) is 16.4. The highest BCUT2D eigenvalue weighted by atomic mass is 19.4. The first kappa shape index (κ1) is 25.4. The average molecular weight is 453 g/mol. The van der Waals surface area contributed by atoms with Crippen LogP contribution in [0.25, 0.3) is 0 Å². The van der Waals surface area contributed by atoms with E-state index in [0.717, 1.165) is 30.1 Å².